The Morgan fingerprint density at radius 1 is 0.971 bits per heavy atom. The van der Waals surface area contributed by atoms with Gasteiger partial charge in [0.2, 0.25) is 12.3 Å². The van der Waals surface area contributed by atoms with Crippen molar-refractivity contribution >= 4 is 18.3 Å². The standard InChI is InChI=1S/C18H36N2O3.C9H19NO2/c1-8-11-12-16(22)20(10-3)18(6,7)14-23-13-17(4,5)19(9-2)15-21;1-7(2)5-4-6-10-8(3)9(11)12/h15H,8-14H2,1-7H3;7-8,10H,4-6H2,1-3H3,(H,11,12). The van der Waals surface area contributed by atoms with Crippen LogP contribution in [0.5, 0.6) is 0 Å². The van der Waals surface area contributed by atoms with Crippen molar-refractivity contribution < 1.29 is 24.2 Å². The fourth-order valence-electron chi connectivity index (χ4n) is 3.68. The normalized spacial score (nSPS) is 12.5. The summed E-state index contributed by atoms with van der Waals surface area (Å²) in [5.74, 6) is 0.108. The minimum Gasteiger partial charge on any atom is -0.480 e. The summed E-state index contributed by atoms with van der Waals surface area (Å²) in [7, 11) is 0. The van der Waals surface area contributed by atoms with Crippen molar-refractivity contribution in [1.29, 1.82) is 0 Å². The third-order valence-corrected chi connectivity index (χ3v) is 6.03. The molecular formula is C27H55N3O5. The number of hydrogen-bond acceptors (Lipinski definition) is 5. The van der Waals surface area contributed by atoms with E-state index in [0.29, 0.717) is 38.6 Å². The average Bonchev–Trinajstić information content (AvgIpc) is 2.75. The Morgan fingerprint density at radius 2 is 1.54 bits per heavy atom. The number of carboxylic acid groups (broad SMARTS) is 1. The van der Waals surface area contributed by atoms with Crippen LogP contribution in [0.4, 0.5) is 0 Å². The van der Waals surface area contributed by atoms with Crippen molar-refractivity contribution in [1.82, 2.24) is 15.1 Å². The molecule has 0 spiro atoms. The van der Waals surface area contributed by atoms with Gasteiger partial charge in [-0.3, -0.25) is 14.4 Å². The van der Waals surface area contributed by atoms with E-state index in [0.717, 1.165) is 38.6 Å². The fraction of sp³-hybridized carbons (Fsp3) is 0.889. The first-order valence-electron chi connectivity index (χ1n) is 13.3. The Kier molecular flexibility index (Phi) is 18.8. The molecule has 0 rings (SSSR count). The number of carbonyl (C=O) groups is 3. The van der Waals surface area contributed by atoms with Gasteiger partial charge in [0.05, 0.1) is 24.3 Å². The quantitative estimate of drug-likeness (QED) is 0.211. The number of nitrogens with one attached hydrogen (secondary N) is 1. The maximum atomic E-state index is 12.4. The molecule has 208 valence electrons. The monoisotopic (exact) mass is 501 g/mol. The second-order valence-electron chi connectivity index (χ2n) is 10.8. The van der Waals surface area contributed by atoms with E-state index in [1.165, 1.54) is 0 Å². The van der Waals surface area contributed by atoms with E-state index in [9.17, 15) is 14.4 Å². The third-order valence-electron chi connectivity index (χ3n) is 6.03. The smallest absolute Gasteiger partial charge is 0.320 e. The van der Waals surface area contributed by atoms with Crippen LogP contribution >= 0.6 is 0 Å². The Labute approximate surface area is 215 Å². The number of aliphatic carboxylic acids is 1. The van der Waals surface area contributed by atoms with Crippen LogP contribution in [0.25, 0.3) is 0 Å². The lowest BCUT2D eigenvalue weighted by Gasteiger charge is -2.40. The molecule has 0 aliphatic heterocycles. The molecular weight excluding hydrogens is 446 g/mol. The van der Waals surface area contributed by atoms with Gasteiger partial charge in [-0.2, -0.15) is 0 Å². The minimum atomic E-state index is -0.778. The maximum Gasteiger partial charge on any atom is 0.320 e. The van der Waals surface area contributed by atoms with Gasteiger partial charge in [0, 0.05) is 19.5 Å². The van der Waals surface area contributed by atoms with Gasteiger partial charge < -0.3 is 25.0 Å². The summed E-state index contributed by atoms with van der Waals surface area (Å²) in [6, 6.07) is -0.419. The highest BCUT2D eigenvalue weighted by molar-refractivity contribution is 5.77. The van der Waals surface area contributed by atoms with Gasteiger partial charge in [-0.05, 0) is 80.2 Å². The lowest BCUT2D eigenvalue weighted by molar-refractivity contribution is -0.140. The Bertz CT molecular complexity index is 593. The van der Waals surface area contributed by atoms with Crippen molar-refractivity contribution in [2.75, 3.05) is 32.8 Å². The first-order valence-corrected chi connectivity index (χ1v) is 13.3. The molecule has 0 radical (unpaired) electrons. The molecule has 0 aliphatic rings. The van der Waals surface area contributed by atoms with E-state index >= 15 is 0 Å². The molecule has 2 N–H and O–H groups in total. The van der Waals surface area contributed by atoms with Crippen molar-refractivity contribution in [2.45, 2.75) is 118 Å². The summed E-state index contributed by atoms with van der Waals surface area (Å²) in [6.07, 6.45) is 5.60. The molecule has 35 heavy (non-hydrogen) atoms. The molecule has 0 saturated heterocycles. The number of amides is 2. The highest BCUT2D eigenvalue weighted by atomic mass is 16.5. The third kappa shape index (κ3) is 15.8. The van der Waals surface area contributed by atoms with Crippen LogP contribution in [0.2, 0.25) is 0 Å². The summed E-state index contributed by atoms with van der Waals surface area (Å²) in [6.45, 7) is 23.1. The molecule has 8 heteroatoms. The molecule has 0 fully saturated rings. The molecule has 1 unspecified atom stereocenters. The zero-order valence-electron chi connectivity index (χ0n) is 24.3. The molecule has 0 aromatic carbocycles. The lowest BCUT2D eigenvalue weighted by atomic mass is 10.0. The first kappa shape index (κ1) is 35.5. The summed E-state index contributed by atoms with van der Waals surface area (Å²) in [4.78, 5) is 37.4. The van der Waals surface area contributed by atoms with Crippen LogP contribution < -0.4 is 5.32 Å². The van der Waals surface area contributed by atoms with Crippen LogP contribution in [0.3, 0.4) is 0 Å². The molecule has 0 aliphatic carbocycles. The number of carboxylic acids is 1. The number of rotatable bonds is 18. The van der Waals surface area contributed by atoms with Gasteiger partial charge in [0.1, 0.15) is 6.04 Å². The second kappa shape index (κ2) is 18.6. The van der Waals surface area contributed by atoms with Crippen LogP contribution in [0, 0.1) is 5.92 Å². The average molecular weight is 502 g/mol. The molecule has 0 bridgehead atoms. The molecule has 2 amide bonds. The molecule has 0 aromatic heterocycles. The fourth-order valence-corrected chi connectivity index (χ4v) is 3.68. The summed E-state index contributed by atoms with van der Waals surface area (Å²) in [5.41, 5.74) is -0.705. The zero-order valence-corrected chi connectivity index (χ0v) is 24.3. The number of likely N-dealkylation sites (N-methyl/N-ethyl adjacent to an activating group) is 2. The van der Waals surface area contributed by atoms with Crippen LogP contribution in [0.15, 0.2) is 0 Å². The Morgan fingerprint density at radius 3 is 1.97 bits per heavy atom. The summed E-state index contributed by atoms with van der Waals surface area (Å²) >= 11 is 0. The number of hydrogen-bond donors (Lipinski definition) is 2. The molecule has 1 atom stereocenters. The van der Waals surface area contributed by atoms with Crippen LogP contribution in [0.1, 0.15) is 101 Å². The minimum absolute atomic E-state index is 0.185. The molecule has 0 heterocycles. The Balaban J connectivity index is 0. The van der Waals surface area contributed by atoms with E-state index in [1.54, 1.807) is 11.8 Å². The predicted octanol–water partition coefficient (Wildman–Crippen LogP) is 4.56. The number of nitrogens with zero attached hydrogens (tertiary/aromatic N) is 2. The number of carbonyl (C=O) groups excluding carboxylic acids is 2. The largest absolute Gasteiger partial charge is 0.480 e. The first-order chi connectivity index (χ1) is 16.2. The SMILES string of the molecule is CC(C)CCCNC(C)C(=O)O.CCCCC(=O)N(CC)C(C)(C)COCC(C)(C)N(C=O)CC. The summed E-state index contributed by atoms with van der Waals surface area (Å²) < 4.78 is 5.89. The molecule has 8 nitrogen and oxygen atoms in total. The van der Waals surface area contributed by atoms with Gasteiger partial charge in [-0.15, -0.1) is 0 Å². The van der Waals surface area contributed by atoms with Gasteiger partial charge in [0.15, 0.2) is 0 Å². The predicted molar refractivity (Wildman–Crippen MR) is 144 cm³/mol. The van der Waals surface area contributed by atoms with Gasteiger partial charge in [0.25, 0.3) is 0 Å². The van der Waals surface area contributed by atoms with E-state index in [-0.39, 0.29) is 17.0 Å². The van der Waals surface area contributed by atoms with E-state index in [1.807, 2.05) is 46.4 Å². The molecule has 0 aromatic rings. The van der Waals surface area contributed by atoms with E-state index in [4.69, 9.17) is 9.84 Å². The lowest BCUT2D eigenvalue weighted by Crippen LogP contribution is -2.52. The van der Waals surface area contributed by atoms with Crippen molar-refractivity contribution in [3.05, 3.63) is 0 Å². The van der Waals surface area contributed by atoms with Gasteiger partial charge in [-0.25, -0.2) is 0 Å². The maximum absolute atomic E-state index is 12.4. The highest BCUT2D eigenvalue weighted by Crippen LogP contribution is 2.19. The van der Waals surface area contributed by atoms with Crippen LogP contribution in [-0.2, 0) is 19.1 Å². The van der Waals surface area contributed by atoms with Crippen molar-refractivity contribution in [2.24, 2.45) is 5.92 Å². The highest BCUT2D eigenvalue weighted by Gasteiger charge is 2.31. The van der Waals surface area contributed by atoms with Gasteiger partial charge >= 0.3 is 5.97 Å². The number of ether oxygens (including phenoxy) is 1. The van der Waals surface area contributed by atoms with Crippen molar-refractivity contribution in [3.63, 3.8) is 0 Å². The Hall–Kier alpha value is -1.67. The number of unbranched alkanes of at least 4 members (excludes halogenated alkanes) is 1. The second-order valence-corrected chi connectivity index (χ2v) is 10.8. The summed E-state index contributed by atoms with van der Waals surface area (Å²) in [5, 5.41) is 11.5. The van der Waals surface area contributed by atoms with Gasteiger partial charge in [-0.1, -0.05) is 27.2 Å². The molecule has 0 saturated carbocycles. The van der Waals surface area contributed by atoms with E-state index in [2.05, 4.69) is 26.1 Å². The topological polar surface area (TPSA) is 99.2 Å². The van der Waals surface area contributed by atoms with Crippen molar-refractivity contribution in [3.8, 4) is 0 Å². The van der Waals surface area contributed by atoms with E-state index < -0.39 is 12.0 Å². The zero-order chi connectivity index (χ0) is 27.7. The van der Waals surface area contributed by atoms with Crippen LogP contribution in [-0.4, -0.2) is 83.2 Å².